The van der Waals surface area contributed by atoms with Crippen LogP contribution >= 0.6 is 11.3 Å². The van der Waals surface area contributed by atoms with E-state index < -0.39 is 0 Å². The lowest BCUT2D eigenvalue weighted by Crippen LogP contribution is -2.13. The summed E-state index contributed by atoms with van der Waals surface area (Å²) in [7, 11) is 0. The number of nitrogens with one attached hydrogen (secondary N) is 1. The Morgan fingerprint density at radius 3 is 2.69 bits per heavy atom. The Morgan fingerprint density at radius 2 is 2.15 bits per heavy atom. The van der Waals surface area contributed by atoms with E-state index in [1.807, 2.05) is 0 Å². The predicted molar refractivity (Wildman–Crippen MR) is 56.0 cm³/mol. The summed E-state index contributed by atoms with van der Waals surface area (Å²) in [5.41, 5.74) is 0. The molecule has 0 aromatic carbocycles. The van der Waals surface area contributed by atoms with Crippen LogP contribution in [0.15, 0.2) is 0 Å². The third-order valence-corrected chi connectivity index (χ3v) is 2.90. The van der Waals surface area contributed by atoms with Gasteiger partial charge in [0, 0.05) is 12.5 Å². The minimum atomic E-state index is 0.498. The lowest BCUT2D eigenvalue weighted by molar-refractivity contribution is 0.667. The van der Waals surface area contributed by atoms with E-state index in [0.29, 0.717) is 5.92 Å². The second-order valence-corrected chi connectivity index (χ2v) is 4.46. The SMILES string of the molecule is CCCNCc1nnc(C(C)C)s1. The van der Waals surface area contributed by atoms with Gasteiger partial charge in [0.1, 0.15) is 10.0 Å². The molecule has 3 nitrogen and oxygen atoms in total. The molecule has 0 fully saturated rings. The Hall–Kier alpha value is -0.480. The second kappa shape index (κ2) is 5.29. The van der Waals surface area contributed by atoms with E-state index in [1.54, 1.807) is 11.3 Å². The molecule has 4 heteroatoms. The summed E-state index contributed by atoms with van der Waals surface area (Å²) >= 11 is 1.71. The molecule has 1 rings (SSSR count). The first-order valence-corrected chi connectivity index (χ1v) is 5.58. The molecule has 1 aromatic rings. The molecule has 0 aliphatic heterocycles. The van der Waals surface area contributed by atoms with Crippen LogP contribution in [0.5, 0.6) is 0 Å². The molecule has 0 aliphatic carbocycles. The molecule has 1 aromatic heterocycles. The molecule has 0 bridgehead atoms. The highest BCUT2D eigenvalue weighted by molar-refractivity contribution is 7.11. The summed E-state index contributed by atoms with van der Waals surface area (Å²) in [5.74, 6) is 0.498. The zero-order valence-electron chi connectivity index (χ0n) is 8.50. The normalized spacial score (nSPS) is 11.1. The zero-order chi connectivity index (χ0) is 9.68. The number of nitrogens with zero attached hydrogens (tertiary/aromatic N) is 2. The third-order valence-electron chi connectivity index (χ3n) is 1.68. The molecule has 1 heterocycles. The predicted octanol–water partition coefficient (Wildman–Crippen LogP) is 2.16. The maximum atomic E-state index is 4.12. The second-order valence-electron chi connectivity index (χ2n) is 3.37. The van der Waals surface area contributed by atoms with Crippen LogP contribution in [-0.4, -0.2) is 16.7 Å². The molecular formula is C9H17N3S. The quantitative estimate of drug-likeness (QED) is 0.738. The van der Waals surface area contributed by atoms with Crippen molar-refractivity contribution in [1.29, 1.82) is 0 Å². The molecule has 1 N–H and O–H groups in total. The van der Waals surface area contributed by atoms with E-state index in [-0.39, 0.29) is 0 Å². The van der Waals surface area contributed by atoms with Crippen molar-refractivity contribution >= 4 is 11.3 Å². The van der Waals surface area contributed by atoms with Crippen LogP contribution in [0.1, 0.15) is 43.1 Å². The van der Waals surface area contributed by atoms with E-state index in [0.717, 1.165) is 29.5 Å². The Balaban J connectivity index is 2.40. The van der Waals surface area contributed by atoms with Crippen molar-refractivity contribution in [1.82, 2.24) is 15.5 Å². The Morgan fingerprint density at radius 1 is 1.38 bits per heavy atom. The Bertz CT molecular complexity index is 245. The molecule has 0 radical (unpaired) electrons. The first-order valence-electron chi connectivity index (χ1n) is 4.77. The van der Waals surface area contributed by atoms with E-state index >= 15 is 0 Å². The fourth-order valence-corrected chi connectivity index (χ4v) is 1.76. The van der Waals surface area contributed by atoms with Gasteiger partial charge in [-0.3, -0.25) is 0 Å². The van der Waals surface area contributed by atoms with Gasteiger partial charge in [0.2, 0.25) is 0 Å². The zero-order valence-corrected chi connectivity index (χ0v) is 9.32. The van der Waals surface area contributed by atoms with Gasteiger partial charge in [0.05, 0.1) is 0 Å². The average molecular weight is 199 g/mol. The lowest BCUT2D eigenvalue weighted by Gasteiger charge is -1.97. The maximum Gasteiger partial charge on any atom is 0.131 e. The van der Waals surface area contributed by atoms with Crippen LogP contribution in [0.3, 0.4) is 0 Å². The van der Waals surface area contributed by atoms with Crippen LogP contribution < -0.4 is 5.32 Å². The van der Waals surface area contributed by atoms with Gasteiger partial charge in [-0.25, -0.2) is 0 Å². The van der Waals surface area contributed by atoms with Crippen LogP contribution in [-0.2, 0) is 6.54 Å². The van der Waals surface area contributed by atoms with Crippen LogP contribution in [0.4, 0.5) is 0 Å². The van der Waals surface area contributed by atoms with Crippen molar-refractivity contribution in [3.05, 3.63) is 10.0 Å². The summed E-state index contributed by atoms with van der Waals surface area (Å²) < 4.78 is 0. The maximum absolute atomic E-state index is 4.12. The highest BCUT2D eigenvalue weighted by Crippen LogP contribution is 2.18. The largest absolute Gasteiger partial charge is 0.310 e. The summed E-state index contributed by atoms with van der Waals surface area (Å²) in [6.45, 7) is 8.36. The highest BCUT2D eigenvalue weighted by Gasteiger charge is 2.06. The minimum absolute atomic E-state index is 0.498. The molecule has 0 aliphatic rings. The highest BCUT2D eigenvalue weighted by atomic mass is 32.1. The molecular weight excluding hydrogens is 182 g/mol. The molecule has 0 spiro atoms. The van der Waals surface area contributed by atoms with Crippen LogP contribution in [0, 0.1) is 0 Å². The van der Waals surface area contributed by atoms with E-state index in [9.17, 15) is 0 Å². The Labute approximate surface area is 83.6 Å². The fourth-order valence-electron chi connectivity index (χ4n) is 0.943. The summed E-state index contributed by atoms with van der Waals surface area (Å²) in [6.07, 6.45) is 1.16. The van der Waals surface area contributed by atoms with Crippen molar-refractivity contribution in [2.45, 2.75) is 39.7 Å². The first kappa shape index (κ1) is 10.6. The van der Waals surface area contributed by atoms with Crippen molar-refractivity contribution in [2.75, 3.05) is 6.54 Å². The molecule has 0 saturated heterocycles. The van der Waals surface area contributed by atoms with E-state index in [4.69, 9.17) is 0 Å². The van der Waals surface area contributed by atoms with Crippen molar-refractivity contribution < 1.29 is 0 Å². The standard InChI is InChI=1S/C9H17N3S/c1-4-5-10-6-8-11-12-9(13-8)7(2)3/h7,10H,4-6H2,1-3H3. The Kier molecular flexibility index (Phi) is 4.32. The van der Waals surface area contributed by atoms with Crippen molar-refractivity contribution in [2.24, 2.45) is 0 Å². The number of hydrogen-bond donors (Lipinski definition) is 1. The van der Waals surface area contributed by atoms with E-state index in [2.05, 4.69) is 36.3 Å². The number of hydrogen-bond acceptors (Lipinski definition) is 4. The monoisotopic (exact) mass is 199 g/mol. The van der Waals surface area contributed by atoms with Gasteiger partial charge < -0.3 is 5.32 Å². The van der Waals surface area contributed by atoms with Gasteiger partial charge in [-0.05, 0) is 13.0 Å². The average Bonchev–Trinajstić information content (AvgIpc) is 2.53. The van der Waals surface area contributed by atoms with Crippen molar-refractivity contribution in [3.8, 4) is 0 Å². The van der Waals surface area contributed by atoms with Gasteiger partial charge in [0.15, 0.2) is 0 Å². The van der Waals surface area contributed by atoms with Crippen LogP contribution in [0.2, 0.25) is 0 Å². The van der Waals surface area contributed by atoms with Gasteiger partial charge in [-0.15, -0.1) is 10.2 Å². The number of rotatable bonds is 5. The van der Waals surface area contributed by atoms with Crippen molar-refractivity contribution in [3.63, 3.8) is 0 Å². The smallest absolute Gasteiger partial charge is 0.131 e. The topological polar surface area (TPSA) is 37.8 Å². The fraction of sp³-hybridized carbons (Fsp3) is 0.778. The van der Waals surface area contributed by atoms with Gasteiger partial charge in [-0.1, -0.05) is 32.1 Å². The molecule has 13 heavy (non-hydrogen) atoms. The number of aromatic nitrogens is 2. The summed E-state index contributed by atoms with van der Waals surface area (Å²) in [5, 5.41) is 13.8. The molecule has 74 valence electrons. The van der Waals surface area contributed by atoms with Gasteiger partial charge >= 0.3 is 0 Å². The van der Waals surface area contributed by atoms with E-state index in [1.165, 1.54) is 0 Å². The molecule has 0 saturated carbocycles. The summed E-state index contributed by atoms with van der Waals surface area (Å²) in [4.78, 5) is 0. The van der Waals surface area contributed by atoms with Gasteiger partial charge in [-0.2, -0.15) is 0 Å². The summed E-state index contributed by atoms with van der Waals surface area (Å²) in [6, 6.07) is 0. The first-order chi connectivity index (χ1) is 6.24. The van der Waals surface area contributed by atoms with Crippen LogP contribution in [0.25, 0.3) is 0 Å². The van der Waals surface area contributed by atoms with Gasteiger partial charge in [0.25, 0.3) is 0 Å². The minimum Gasteiger partial charge on any atom is -0.310 e. The lowest BCUT2D eigenvalue weighted by atomic mass is 10.2. The molecule has 0 unspecified atom stereocenters. The molecule has 0 amide bonds. The molecule has 0 atom stereocenters. The third kappa shape index (κ3) is 3.40.